The Bertz CT molecular complexity index is 591. The molecule has 0 aromatic carbocycles. The summed E-state index contributed by atoms with van der Waals surface area (Å²) in [4.78, 5) is 8.41. The van der Waals surface area contributed by atoms with Gasteiger partial charge in [-0.15, -0.1) is 11.8 Å². The van der Waals surface area contributed by atoms with Crippen LogP contribution in [0.2, 0.25) is 0 Å². The summed E-state index contributed by atoms with van der Waals surface area (Å²) in [6.07, 6.45) is 4.08. The van der Waals surface area contributed by atoms with Crippen LogP contribution in [0.3, 0.4) is 0 Å². The zero-order chi connectivity index (χ0) is 13.9. The molecule has 0 bridgehead atoms. The lowest BCUT2D eigenvalue weighted by Crippen LogP contribution is -2.19. The van der Waals surface area contributed by atoms with E-state index in [9.17, 15) is 5.11 Å². The van der Waals surface area contributed by atoms with Crippen LogP contribution in [-0.2, 0) is 0 Å². The lowest BCUT2D eigenvalue weighted by Gasteiger charge is -2.27. The minimum atomic E-state index is 0.0938. The van der Waals surface area contributed by atoms with Crippen LogP contribution in [0.5, 0.6) is 5.75 Å². The zero-order valence-corrected chi connectivity index (χ0v) is 12.7. The van der Waals surface area contributed by atoms with Gasteiger partial charge in [0.1, 0.15) is 5.75 Å². The number of aromatic hydroxyl groups is 1. The van der Waals surface area contributed by atoms with Crippen molar-refractivity contribution in [3.8, 4) is 17.2 Å². The number of thioether (sulfide) groups is 2. The second-order valence-electron chi connectivity index (χ2n) is 4.50. The Labute approximate surface area is 125 Å². The topological polar surface area (TPSA) is 72.0 Å². The van der Waals surface area contributed by atoms with Crippen LogP contribution in [0.25, 0.3) is 11.5 Å². The Balaban J connectivity index is 1.86. The molecule has 1 fully saturated rings. The molecular formula is C13H15N3O2S2. The fraction of sp³-hybridized carbons (Fsp3) is 0.462. The van der Waals surface area contributed by atoms with Gasteiger partial charge < -0.3 is 9.63 Å². The van der Waals surface area contributed by atoms with Gasteiger partial charge in [-0.05, 0) is 12.5 Å². The van der Waals surface area contributed by atoms with E-state index in [1.54, 1.807) is 12.3 Å². The summed E-state index contributed by atoms with van der Waals surface area (Å²) in [5.41, 5.74) is 0.644. The predicted molar refractivity (Wildman–Crippen MR) is 80.9 cm³/mol. The lowest BCUT2D eigenvalue weighted by molar-refractivity contribution is 0.420. The zero-order valence-electron chi connectivity index (χ0n) is 11.0. The maximum absolute atomic E-state index is 9.45. The molecule has 2 unspecified atom stereocenters. The normalized spacial score (nSPS) is 22.9. The molecule has 1 N–H and O–H groups in total. The molecule has 3 heterocycles. The average molecular weight is 309 g/mol. The average Bonchev–Trinajstić information content (AvgIpc) is 2.97. The largest absolute Gasteiger partial charge is 0.506 e. The summed E-state index contributed by atoms with van der Waals surface area (Å²) in [6.45, 7) is 2.19. The van der Waals surface area contributed by atoms with Gasteiger partial charge in [0.15, 0.2) is 5.82 Å². The van der Waals surface area contributed by atoms with Gasteiger partial charge in [-0.25, -0.2) is 0 Å². The van der Waals surface area contributed by atoms with E-state index in [4.69, 9.17) is 4.52 Å². The molecule has 0 aliphatic carbocycles. The van der Waals surface area contributed by atoms with Crippen LogP contribution in [0, 0.1) is 0 Å². The monoisotopic (exact) mass is 309 g/mol. The third-order valence-electron chi connectivity index (χ3n) is 3.12. The fourth-order valence-electron chi connectivity index (χ4n) is 2.15. The Kier molecular flexibility index (Phi) is 4.16. The lowest BCUT2D eigenvalue weighted by atomic mass is 10.2. The molecule has 2 aromatic heterocycles. The van der Waals surface area contributed by atoms with Crippen molar-refractivity contribution in [3.05, 3.63) is 24.3 Å². The van der Waals surface area contributed by atoms with Gasteiger partial charge in [-0.1, -0.05) is 12.1 Å². The van der Waals surface area contributed by atoms with Gasteiger partial charge in [0, 0.05) is 23.0 Å². The van der Waals surface area contributed by atoms with E-state index in [0.29, 0.717) is 16.7 Å². The first-order valence-electron chi connectivity index (χ1n) is 6.49. The molecule has 1 aliphatic rings. The highest BCUT2D eigenvalue weighted by Gasteiger charge is 2.30. The third-order valence-corrected chi connectivity index (χ3v) is 6.36. The highest BCUT2D eigenvalue weighted by atomic mass is 32.2. The van der Waals surface area contributed by atoms with Crippen molar-refractivity contribution in [3.63, 3.8) is 0 Å². The molecule has 1 aliphatic heterocycles. The molecule has 0 spiro atoms. The summed E-state index contributed by atoms with van der Waals surface area (Å²) in [6, 6.07) is 1.57. The van der Waals surface area contributed by atoms with Crippen molar-refractivity contribution < 1.29 is 9.63 Å². The molecule has 2 atom stereocenters. The van der Waals surface area contributed by atoms with Crippen LogP contribution in [0.1, 0.15) is 24.4 Å². The van der Waals surface area contributed by atoms with Crippen molar-refractivity contribution in [2.45, 2.75) is 23.8 Å². The van der Waals surface area contributed by atoms with Gasteiger partial charge in [0.05, 0.1) is 17.0 Å². The van der Waals surface area contributed by atoms with Crippen molar-refractivity contribution in [2.24, 2.45) is 0 Å². The first-order valence-corrected chi connectivity index (χ1v) is 8.59. The molecular weight excluding hydrogens is 294 g/mol. The number of pyridine rings is 1. The van der Waals surface area contributed by atoms with Gasteiger partial charge in [-0.2, -0.15) is 16.7 Å². The summed E-state index contributed by atoms with van der Waals surface area (Å²) < 4.78 is 5.32. The molecule has 20 heavy (non-hydrogen) atoms. The van der Waals surface area contributed by atoms with Gasteiger partial charge in [-0.3, -0.25) is 4.98 Å². The molecule has 2 aromatic rings. The first kappa shape index (κ1) is 13.8. The van der Waals surface area contributed by atoms with Crippen LogP contribution in [0.4, 0.5) is 0 Å². The Morgan fingerprint density at radius 2 is 2.20 bits per heavy atom. The maximum Gasteiger partial charge on any atom is 0.259 e. The van der Waals surface area contributed by atoms with E-state index < -0.39 is 0 Å². The van der Waals surface area contributed by atoms with Crippen LogP contribution < -0.4 is 0 Å². The quantitative estimate of drug-likeness (QED) is 0.933. The highest BCUT2D eigenvalue weighted by molar-refractivity contribution is 8.06. The van der Waals surface area contributed by atoms with Crippen LogP contribution in [0.15, 0.2) is 23.0 Å². The van der Waals surface area contributed by atoms with E-state index >= 15 is 0 Å². The van der Waals surface area contributed by atoms with E-state index in [1.165, 1.54) is 11.9 Å². The van der Waals surface area contributed by atoms with E-state index in [-0.39, 0.29) is 11.0 Å². The second kappa shape index (κ2) is 6.05. The summed E-state index contributed by atoms with van der Waals surface area (Å²) in [5.74, 6) is 3.54. The molecule has 0 radical (unpaired) electrons. The standard InChI is InChI=1S/C13H15N3O2S2/c1-2-10-11(20-4-3-19-10)12-15-13(18-16-12)8-5-9(17)7-14-6-8/h5-7,10-11,17H,2-4H2,1H3. The third kappa shape index (κ3) is 2.78. The van der Waals surface area contributed by atoms with Crippen LogP contribution in [-0.4, -0.2) is 37.0 Å². The van der Waals surface area contributed by atoms with E-state index in [2.05, 4.69) is 22.0 Å². The minimum absolute atomic E-state index is 0.0938. The summed E-state index contributed by atoms with van der Waals surface area (Å²) >= 11 is 3.87. The SMILES string of the molecule is CCC1SCCSC1c1noc(-c2cncc(O)c2)n1. The Morgan fingerprint density at radius 3 is 3.00 bits per heavy atom. The first-order chi connectivity index (χ1) is 9.78. The van der Waals surface area contributed by atoms with Crippen molar-refractivity contribution in [1.82, 2.24) is 15.1 Å². The number of aromatic nitrogens is 3. The van der Waals surface area contributed by atoms with Crippen LogP contribution >= 0.6 is 23.5 Å². The second-order valence-corrected chi connectivity index (χ2v) is 7.09. The van der Waals surface area contributed by atoms with Gasteiger partial charge in [0.2, 0.25) is 0 Å². The van der Waals surface area contributed by atoms with E-state index in [0.717, 1.165) is 18.0 Å². The van der Waals surface area contributed by atoms with Gasteiger partial charge >= 0.3 is 0 Å². The molecule has 3 rings (SSSR count). The molecule has 1 saturated heterocycles. The number of hydrogen-bond acceptors (Lipinski definition) is 7. The van der Waals surface area contributed by atoms with Crippen molar-refractivity contribution in [1.29, 1.82) is 0 Å². The Hall–Kier alpha value is -1.21. The molecule has 5 nitrogen and oxygen atoms in total. The number of nitrogens with zero attached hydrogens (tertiary/aromatic N) is 3. The molecule has 7 heteroatoms. The molecule has 0 saturated carbocycles. The number of rotatable bonds is 3. The fourth-order valence-corrected chi connectivity index (χ4v) is 5.14. The highest BCUT2D eigenvalue weighted by Crippen LogP contribution is 2.43. The van der Waals surface area contributed by atoms with E-state index in [1.807, 2.05) is 23.5 Å². The minimum Gasteiger partial charge on any atom is -0.506 e. The van der Waals surface area contributed by atoms with Crippen molar-refractivity contribution in [2.75, 3.05) is 11.5 Å². The smallest absolute Gasteiger partial charge is 0.259 e. The molecule has 0 amide bonds. The predicted octanol–water partition coefficient (Wildman–Crippen LogP) is 3.14. The molecule has 106 valence electrons. The summed E-state index contributed by atoms with van der Waals surface area (Å²) in [7, 11) is 0. The Morgan fingerprint density at radius 1 is 1.35 bits per heavy atom. The maximum atomic E-state index is 9.45. The van der Waals surface area contributed by atoms with Crippen molar-refractivity contribution >= 4 is 23.5 Å². The number of hydrogen-bond donors (Lipinski definition) is 1. The van der Waals surface area contributed by atoms with Gasteiger partial charge in [0.25, 0.3) is 5.89 Å². The summed E-state index contributed by atoms with van der Waals surface area (Å²) in [5, 5.41) is 14.4.